The average molecular weight is 487 g/mol. The monoisotopic (exact) mass is 486 g/mol. The summed E-state index contributed by atoms with van der Waals surface area (Å²) in [4.78, 5) is 25.6. The Balaban J connectivity index is 1.52. The number of anilines is 1. The van der Waals surface area contributed by atoms with Crippen LogP contribution >= 0.6 is 11.8 Å². The van der Waals surface area contributed by atoms with Gasteiger partial charge in [0.05, 0.1) is 19.3 Å². The lowest BCUT2D eigenvalue weighted by atomic mass is 10.1. The molecule has 0 fully saturated rings. The van der Waals surface area contributed by atoms with Crippen molar-refractivity contribution in [2.24, 2.45) is 0 Å². The second kappa shape index (κ2) is 11.0. The SMILES string of the molecule is COc1ccc(C(=O)CSc2nnc(CC(=O)Nc3ccc(C)cc3C)n2-c2ccccc2)cc1. The number of amides is 1. The van der Waals surface area contributed by atoms with Crippen LogP contribution < -0.4 is 10.1 Å². The number of hydrogen-bond acceptors (Lipinski definition) is 6. The van der Waals surface area contributed by atoms with Crippen molar-refractivity contribution in [1.82, 2.24) is 14.8 Å². The summed E-state index contributed by atoms with van der Waals surface area (Å²) in [7, 11) is 1.59. The first kappa shape index (κ1) is 24.2. The molecule has 0 aliphatic rings. The van der Waals surface area contributed by atoms with Crippen molar-refractivity contribution in [2.75, 3.05) is 18.2 Å². The molecule has 178 valence electrons. The lowest BCUT2D eigenvalue weighted by Crippen LogP contribution is -2.18. The summed E-state index contributed by atoms with van der Waals surface area (Å²) in [5.74, 6) is 1.16. The van der Waals surface area contributed by atoms with E-state index in [0.29, 0.717) is 22.3 Å². The zero-order valence-corrected chi connectivity index (χ0v) is 20.6. The van der Waals surface area contributed by atoms with Gasteiger partial charge in [-0.15, -0.1) is 10.2 Å². The summed E-state index contributed by atoms with van der Waals surface area (Å²) in [6.07, 6.45) is 0.0438. The van der Waals surface area contributed by atoms with Crippen molar-refractivity contribution >= 4 is 29.1 Å². The van der Waals surface area contributed by atoms with Gasteiger partial charge in [0.25, 0.3) is 0 Å². The fourth-order valence-corrected chi connectivity index (χ4v) is 4.49. The molecule has 0 saturated carbocycles. The molecular weight excluding hydrogens is 460 g/mol. The summed E-state index contributed by atoms with van der Waals surface area (Å²) in [5, 5.41) is 12.1. The minimum atomic E-state index is -0.188. The first-order valence-corrected chi connectivity index (χ1v) is 12.1. The van der Waals surface area contributed by atoms with Gasteiger partial charge in [-0.2, -0.15) is 0 Å². The highest BCUT2D eigenvalue weighted by molar-refractivity contribution is 7.99. The van der Waals surface area contributed by atoms with Crippen molar-refractivity contribution in [3.63, 3.8) is 0 Å². The third-order valence-electron chi connectivity index (χ3n) is 5.43. The second-order valence-electron chi connectivity index (χ2n) is 8.05. The third-order valence-corrected chi connectivity index (χ3v) is 6.36. The van der Waals surface area contributed by atoms with Gasteiger partial charge in [-0.3, -0.25) is 14.2 Å². The van der Waals surface area contributed by atoms with E-state index in [0.717, 1.165) is 22.5 Å². The molecule has 0 unspecified atom stereocenters. The van der Waals surface area contributed by atoms with Crippen LogP contribution in [0, 0.1) is 13.8 Å². The highest BCUT2D eigenvalue weighted by Crippen LogP contribution is 2.24. The number of para-hydroxylation sites is 1. The average Bonchev–Trinajstić information content (AvgIpc) is 3.27. The van der Waals surface area contributed by atoms with Crippen molar-refractivity contribution < 1.29 is 14.3 Å². The molecule has 4 aromatic rings. The van der Waals surface area contributed by atoms with Crippen LogP contribution in [0.1, 0.15) is 27.3 Å². The Kier molecular flexibility index (Phi) is 7.62. The quantitative estimate of drug-likeness (QED) is 0.263. The smallest absolute Gasteiger partial charge is 0.232 e. The van der Waals surface area contributed by atoms with Gasteiger partial charge in [0.1, 0.15) is 11.6 Å². The second-order valence-corrected chi connectivity index (χ2v) is 9.00. The molecule has 1 N–H and O–H groups in total. The van der Waals surface area contributed by atoms with Crippen molar-refractivity contribution in [2.45, 2.75) is 25.4 Å². The van der Waals surface area contributed by atoms with Crippen LogP contribution in [-0.4, -0.2) is 39.3 Å². The number of methoxy groups -OCH3 is 1. The van der Waals surface area contributed by atoms with Crippen molar-refractivity contribution in [1.29, 1.82) is 0 Å². The molecule has 0 aliphatic carbocycles. The summed E-state index contributed by atoms with van der Waals surface area (Å²) in [6, 6.07) is 22.5. The van der Waals surface area contributed by atoms with E-state index < -0.39 is 0 Å². The number of carbonyl (C=O) groups excluding carboxylic acids is 2. The summed E-state index contributed by atoms with van der Waals surface area (Å²) in [6.45, 7) is 3.98. The molecule has 4 rings (SSSR count). The molecule has 0 radical (unpaired) electrons. The number of carbonyl (C=O) groups is 2. The minimum absolute atomic E-state index is 0.0330. The maximum absolute atomic E-state index is 12.9. The molecule has 1 amide bonds. The Morgan fingerprint density at radius 3 is 2.40 bits per heavy atom. The van der Waals surface area contributed by atoms with Gasteiger partial charge in [0.15, 0.2) is 10.9 Å². The normalized spacial score (nSPS) is 10.7. The highest BCUT2D eigenvalue weighted by Gasteiger charge is 2.19. The number of nitrogens with zero attached hydrogens (tertiary/aromatic N) is 3. The molecule has 8 heteroatoms. The predicted octanol–water partition coefficient (Wildman–Crippen LogP) is 5.05. The molecule has 0 atom stereocenters. The van der Waals surface area contributed by atoms with E-state index in [1.807, 2.05) is 66.9 Å². The van der Waals surface area contributed by atoms with E-state index in [-0.39, 0.29) is 23.9 Å². The molecule has 0 aliphatic heterocycles. The highest BCUT2D eigenvalue weighted by atomic mass is 32.2. The Bertz CT molecular complexity index is 1330. The first-order chi connectivity index (χ1) is 16.9. The zero-order valence-electron chi connectivity index (χ0n) is 19.8. The van der Waals surface area contributed by atoms with Gasteiger partial charge in [-0.25, -0.2) is 0 Å². The number of aryl methyl sites for hydroxylation is 2. The fourth-order valence-electron chi connectivity index (χ4n) is 3.63. The lowest BCUT2D eigenvalue weighted by molar-refractivity contribution is -0.115. The van der Waals surface area contributed by atoms with E-state index in [4.69, 9.17) is 4.74 Å². The molecule has 0 spiro atoms. The molecule has 0 saturated heterocycles. The minimum Gasteiger partial charge on any atom is -0.497 e. The van der Waals surface area contributed by atoms with Gasteiger partial charge in [-0.05, 0) is 61.9 Å². The van der Waals surface area contributed by atoms with Gasteiger partial charge in [0, 0.05) is 16.9 Å². The lowest BCUT2D eigenvalue weighted by Gasteiger charge is -2.11. The Morgan fingerprint density at radius 2 is 1.71 bits per heavy atom. The summed E-state index contributed by atoms with van der Waals surface area (Å²) < 4.78 is 6.98. The Hall–Kier alpha value is -3.91. The third kappa shape index (κ3) is 5.96. The van der Waals surface area contributed by atoms with Crippen LogP contribution in [0.4, 0.5) is 5.69 Å². The maximum Gasteiger partial charge on any atom is 0.232 e. The van der Waals surface area contributed by atoms with Crippen LogP contribution in [0.15, 0.2) is 78.0 Å². The molecular formula is C27H26N4O3S. The number of aromatic nitrogens is 3. The zero-order chi connectivity index (χ0) is 24.8. The van der Waals surface area contributed by atoms with Gasteiger partial charge >= 0.3 is 0 Å². The van der Waals surface area contributed by atoms with Crippen molar-refractivity contribution in [3.05, 3.63) is 95.3 Å². The Morgan fingerprint density at radius 1 is 0.971 bits per heavy atom. The van der Waals surface area contributed by atoms with Crippen LogP contribution in [0.2, 0.25) is 0 Å². The number of thioether (sulfide) groups is 1. The number of benzene rings is 3. The van der Waals surface area contributed by atoms with Crippen LogP contribution in [0.3, 0.4) is 0 Å². The van der Waals surface area contributed by atoms with Gasteiger partial charge in [-0.1, -0.05) is 47.7 Å². The number of ether oxygens (including phenoxy) is 1. The topological polar surface area (TPSA) is 86.1 Å². The van der Waals surface area contributed by atoms with E-state index in [9.17, 15) is 9.59 Å². The largest absolute Gasteiger partial charge is 0.497 e. The van der Waals surface area contributed by atoms with Gasteiger partial charge in [0.2, 0.25) is 5.91 Å². The van der Waals surface area contributed by atoms with Crippen molar-refractivity contribution in [3.8, 4) is 11.4 Å². The molecule has 0 bridgehead atoms. The van der Waals surface area contributed by atoms with Crippen LogP contribution in [-0.2, 0) is 11.2 Å². The predicted molar refractivity (Wildman–Crippen MR) is 138 cm³/mol. The number of hydrogen-bond donors (Lipinski definition) is 1. The number of Topliss-reactive ketones (excluding diaryl/α,β-unsaturated/α-hetero) is 1. The first-order valence-electron chi connectivity index (χ1n) is 11.1. The fraction of sp³-hybridized carbons (Fsp3) is 0.185. The number of rotatable bonds is 9. The molecule has 3 aromatic carbocycles. The summed E-state index contributed by atoms with van der Waals surface area (Å²) in [5.41, 5.74) is 4.32. The van der Waals surface area contributed by atoms with E-state index in [1.54, 1.807) is 31.4 Å². The maximum atomic E-state index is 12.9. The Labute approximate surface area is 208 Å². The molecule has 1 heterocycles. The van der Waals surface area contributed by atoms with E-state index in [2.05, 4.69) is 15.5 Å². The van der Waals surface area contributed by atoms with Crippen LogP contribution in [0.25, 0.3) is 5.69 Å². The summed E-state index contributed by atoms with van der Waals surface area (Å²) >= 11 is 1.29. The molecule has 1 aromatic heterocycles. The van der Waals surface area contributed by atoms with E-state index in [1.165, 1.54) is 11.8 Å². The molecule has 7 nitrogen and oxygen atoms in total. The standard InChI is InChI=1S/C27H26N4O3S/c1-18-9-14-23(19(2)15-18)28-26(33)16-25-29-30-27(31(25)21-7-5-4-6-8-21)35-17-24(32)20-10-12-22(34-3)13-11-20/h4-15H,16-17H2,1-3H3,(H,28,33). The molecule has 35 heavy (non-hydrogen) atoms. The number of nitrogens with one attached hydrogen (secondary N) is 1. The van der Waals surface area contributed by atoms with Crippen LogP contribution in [0.5, 0.6) is 5.75 Å². The van der Waals surface area contributed by atoms with Gasteiger partial charge < -0.3 is 10.1 Å². The van der Waals surface area contributed by atoms with E-state index >= 15 is 0 Å². The number of ketones is 1.